The molecule has 0 aliphatic carbocycles. The van der Waals surface area contributed by atoms with E-state index in [-0.39, 0.29) is 23.6 Å². The number of benzene rings is 2. The van der Waals surface area contributed by atoms with Gasteiger partial charge in [0.1, 0.15) is 0 Å². The lowest BCUT2D eigenvalue weighted by Crippen LogP contribution is -2.28. The van der Waals surface area contributed by atoms with Crippen LogP contribution < -0.4 is 10.6 Å². The molecule has 1 atom stereocenters. The minimum atomic E-state index is -0.331. The highest BCUT2D eigenvalue weighted by Gasteiger charge is 2.20. The van der Waals surface area contributed by atoms with E-state index in [1.54, 1.807) is 6.07 Å². The monoisotopic (exact) mass is 529 g/mol. The highest BCUT2D eigenvalue weighted by atomic mass is 79.9. The fourth-order valence-corrected chi connectivity index (χ4v) is 4.63. The molecule has 2 amide bonds. The lowest BCUT2D eigenvalue weighted by Gasteiger charge is -2.15. The Bertz CT molecular complexity index is 1180. The summed E-state index contributed by atoms with van der Waals surface area (Å²) >= 11 is 4.83. The van der Waals surface area contributed by atoms with Crippen LogP contribution in [0.15, 0.2) is 46.0 Å². The number of aromatic nitrogens is 3. The van der Waals surface area contributed by atoms with E-state index in [4.69, 9.17) is 0 Å². The summed E-state index contributed by atoms with van der Waals surface area (Å²) in [6.07, 6.45) is 0. The van der Waals surface area contributed by atoms with Crippen molar-refractivity contribution in [2.75, 3.05) is 11.1 Å². The zero-order valence-electron chi connectivity index (χ0n) is 19.4. The van der Waals surface area contributed by atoms with E-state index in [1.165, 1.54) is 11.8 Å². The fraction of sp³-hybridized carbons (Fsp3) is 0.333. The minimum Gasteiger partial charge on any atom is -0.342 e. The molecule has 0 aliphatic rings. The lowest BCUT2D eigenvalue weighted by atomic mass is 10.1. The highest BCUT2D eigenvalue weighted by molar-refractivity contribution is 9.10. The Morgan fingerprint density at radius 2 is 1.88 bits per heavy atom. The summed E-state index contributed by atoms with van der Waals surface area (Å²) in [6.45, 7) is 10.4. The molecule has 0 unspecified atom stereocenters. The maximum Gasteiger partial charge on any atom is 0.251 e. The quantitative estimate of drug-likeness (QED) is 0.391. The summed E-state index contributed by atoms with van der Waals surface area (Å²) in [5.74, 6) is 0.584. The summed E-state index contributed by atoms with van der Waals surface area (Å²) in [7, 11) is 0. The minimum absolute atomic E-state index is 0.113. The fourth-order valence-electron chi connectivity index (χ4n) is 3.39. The molecule has 2 N–H and O–H groups in total. The molecule has 0 saturated carbocycles. The molecule has 0 radical (unpaired) electrons. The van der Waals surface area contributed by atoms with Crippen LogP contribution >= 0.6 is 27.7 Å². The van der Waals surface area contributed by atoms with Gasteiger partial charge >= 0.3 is 0 Å². The van der Waals surface area contributed by atoms with Gasteiger partial charge in [-0.05, 0) is 70.0 Å². The summed E-state index contributed by atoms with van der Waals surface area (Å²) in [6, 6.07) is 10.9. The van der Waals surface area contributed by atoms with Crippen LogP contribution in [0, 0.1) is 20.8 Å². The topological polar surface area (TPSA) is 88.9 Å². The van der Waals surface area contributed by atoms with Gasteiger partial charge in [0.05, 0.1) is 11.8 Å². The maximum absolute atomic E-state index is 12.6. The smallest absolute Gasteiger partial charge is 0.251 e. The summed E-state index contributed by atoms with van der Waals surface area (Å²) in [4.78, 5) is 25.2. The predicted octanol–water partition coefficient (Wildman–Crippen LogP) is 5.21. The number of carbonyl (C=O) groups is 2. The zero-order chi connectivity index (χ0) is 24.1. The maximum atomic E-state index is 12.6. The average Bonchev–Trinajstić information content (AvgIpc) is 3.21. The molecule has 0 spiro atoms. The molecule has 7 nitrogen and oxygen atoms in total. The molecule has 174 valence electrons. The third kappa shape index (κ3) is 6.03. The first-order valence-electron chi connectivity index (χ1n) is 10.7. The second-order valence-electron chi connectivity index (χ2n) is 7.83. The van der Waals surface area contributed by atoms with Crippen molar-refractivity contribution in [3.63, 3.8) is 0 Å². The van der Waals surface area contributed by atoms with Gasteiger partial charge in [-0.15, -0.1) is 10.2 Å². The van der Waals surface area contributed by atoms with Crippen LogP contribution in [0.25, 0.3) is 0 Å². The number of rotatable bonds is 8. The largest absolute Gasteiger partial charge is 0.342 e. The van der Waals surface area contributed by atoms with Gasteiger partial charge in [0.15, 0.2) is 11.0 Å². The van der Waals surface area contributed by atoms with Gasteiger partial charge in [-0.3, -0.25) is 9.59 Å². The Balaban J connectivity index is 1.64. The van der Waals surface area contributed by atoms with Crippen LogP contribution in [-0.2, 0) is 11.3 Å². The van der Waals surface area contributed by atoms with Crippen molar-refractivity contribution >= 4 is 45.2 Å². The van der Waals surface area contributed by atoms with Gasteiger partial charge in [-0.25, -0.2) is 0 Å². The van der Waals surface area contributed by atoms with Gasteiger partial charge in [0.25, 0.3) is 5.91 Å². The van der Waals surface area contributed by atoms with Crippen molar-refractivity contribution in [1.82, 2.24) is 20.1 Å². The van der Waals surface area contributed by atoms with Crippen LogP contribution in [-0.4, -0.2) is 32.3 Å². The van der Waals surface area contributed by atoms with Gasteiger partial charge in [-0.2, -0.15) is 0 Å². The SMILES string of the molecule is CCn1c(SCC(=O)Nc2ccc(Br)c(C)c2C)nnc1[C@@H](C)NC(=O)c1cccc(C)c1. The summed E-state index contributed by atoms with van der Waals surface area (Å²) < 4.78 is 2.94. The average molecular weight is 530 g/mol. The number of nitrogens with zero attached hydrogens (tertiary/aromatic N) is 3. The number of anilines is 1. The number of aryl methyl sites for hydroxylation is 1. The third-order valence-electron chi connectivity index (χ3n) is 5.40. The Morgan fingerprint density at radius 3 is 2.58 bits per heavy atom. The van der Waals surface area contributed by atoms with E-state index in [2.05, 4.69) is 36.8 Å². The molecule has 0 aliphatic heterocycles. The second kappa shape index (κ2) is 11.0. The molecule has 3 aromatic rings. The predicted molar refractivity (Wildman–Crippen MR) is 136 cm³/mol. The lowest BCUT2D eigenvalue weighted by molar-refractivity contribution is -0.113. The second-order valence-corrected chi connectivity index (χ2v) is 9.63. The first-order chi connectivity index (χ1) is 15.7. The molecule has 0 bridgehead atoms. The third-order valence-corrected chi connectivity index (χ3v) is 7.23. The molecule has 3 rings (SSSR count). The molecule has 1 aromatic heterocycles. The molecule has 0 saturated heterocycles. The zero-order valence-corrected chi connectivity index (χ0v) is 21.8. The van der Waals surface area contributed by atoms with Gasteiger partial charge in [-0.1, -0.05) is 45.4 Å². The van der Waals surface area contributed by atoms with E-state index < -0.39 is 0 Å². The molecule has 0 fully saturated rings. The number of halogens is 1. The van der Waals surface area contributed by atoms with Crippen molar-refractivity contribution in [3.8, 4) is 0 Å². The number of nitrogens with one attached hydrogen (secondary N) is 2. The van der Waals surface area contributed by atoms with E-state index in [1.807, 2.05) is 69.5 Å². The van der Waals surface area contributed by atoms with Crippen molar-refractivity contribution in [2.24, 2.45) is 0 Å². The Morgan fingerprint density at radius 1 is 1.12 bits per heavy atom. The highest BCUT2D eigenvalue weighted by Crippen LogP contribution is 2.26. The van der Waals surface area contributed by atoms with Crippen molar-refractivity contribution in [1.29, 1.82) is 0 Å². The number of carbonyl (C=O) groups excluding carboxylic acids is 2. The number of thioether (sulfide) groups is 1. The molecule has 1 heterocycles. The molecular weight excluding hydrogens is 502 g/mol. The van der Waals surface area contributed by atoms with Crippen LogP contribution in [0.5, 0.6) is 0 Å². The Hall–Kier alpha value is -2.65. The Kier molecular flexibility index (Phi) is 8.31. The van der Waals surface area contributed by atoms with Crippen molar-refractivity contribution in [3.05, 3.63) is 68.9 Å². The van der Waals surface area contributed by atoms with E-state index in [0.29, 0.717) is 23.1 Å². The first-order valence-corrected chi connectivity index (χ1v) is 12.5. The van der Waals surface area contributed by atoms with E-state index in [9.17, 15) is 9.59 Å². The molecule has 9 heteroatoms. The number of hydrogen-bond donors (Lipinski definition) is 2. The number of amides is 2. The first kappa shape index (κ1) is 25.0. The van der Waals surface area contributed by atoms with Gasteiger partial charge in [0.2, 0.25) is 5.91 Å². The molecule has 2 aromatic carbocycles. The van der Waals surface area contributed by atoms with Crippen LogP contribution in [0.1, 0.15) is 52.8 Å². The van der Waals surface area contributed by atoms with Crippen LogP contribution in [0.3, 0.4) is 0 Å². The normalized spacial score (nSPS) is 11.8. The van der Waals surface area contributed by atoms with Crippen molar-refractivity contribution < 1.29 is 9.59 Å². The Labute approximate surface area is 206 Å². The molecule has 33 heavy (non-hydrogen) atoms. The van der Waals surface area contributed by atoms with Crippen LogP contribution in [0.4, 0.5) is 5.69 Å². The number of hydrogen-bond acceptors (Lipinski definition) is 5. The molecular formula is C24H28BrN5O2S. The van der Waals surface area contributed by atoms with E-state index >= 15 is 0 Å². The summed E-state index contributed by atoms with van der Waals surface area (Å²) in [5, 5.41) is 15.1. The summed E-state index contributed by atoms with van der Waals surface area (Å²) in [5.41, 5.74) is 4.55. The van der Waals surface area contributed by atoms with Crippen LogP contribution in [0.2, 0.25) is 0 Å². The van der Waals surface area contributed by atoms with E-state index in [0.717, 1.165) is 26.9 Å². The van der Waals surface area contributed by atoms with Gasteiger partial charge < -0.3 is 15.2 Å². The van der Waals surface area contributed by atoms with Gasteiger partial charge in [0, 0.05) is 22.3 Å². The van der Waals surface area contributed by atoms with Crippen molar-refractivity contribution in [2.45, 2.75) is 52.4 Å². The standard InChI is InChI=1S/C24H28BrN5O2S/c1-6-30-22(17(5)26-23(32)18-9-7-8-14(2)12-18)28-29-24(30)33-13-21(31)27-20-11-10-19(25)15(3)16(20)4/h7-12,17H,6,13H2,1-5H3,(H,26,32)(H,27,31)/t17-/m1/s1.